The standard InChI is InChI=1S/C22H28N2O3/c25-15-19-14-24(13-18(19)12-23-8-4-1-5-9-23)22(27)20-10-16-6-2-3-7-17(16)11-21(20)26/h2-3,6-7,10-11,18-19,25-26H,1,4-5,8-9,12-15H2/t18-,19-/m0/s1. The monoisotopic (exact) mass is 368 g/mol. The van der Waals surface area contributed by atoms with Gasteiger partial charge < -0.3 is 20.0 Å². The van der Waals surface area contributed by atoms with E-state index in [0.717, 1.165) is 30.4 Å². The molecule has 2 aliphatic rings. The van der Waals surface area contributed by atoms with E-state index in [2.05, 4.69) is 4.90 Å². The fourth-order valence-electron chi connectivity index (χ4n) is 4.56. The van der Waals surface area contributed by atoms with Crippen LogP contribution < -0.4 is 0 Å². The lowest BCUT2D eigenvalue weighted by Gasteiger charge is -2.30. The number of hydrogen-bond acceptors (Lipinski definition) is 4. The van der Waals surface area contributed by atoms with Crippen LogP contribution in [0.15, 0.2) is 36.4 Å². The van der Waals surface area contributed by atoms with Gasteiger partial charge in [0.05, 0.1) is 5.56 Å². The zero-order valence-electron chi connectivity index (χ0n) is 15.7. The first-order valence-electron chi connectivity index (χ1n) is 10.00. The van der Waals surface area contributed by atoms with Crippen LogP contribution in [0.5, 0.6) is 5.75 Å². The number of amides is 1. The summed E-state index contributed by atoms with van der Waals surface area (Å²) < 4.78 is 0. The van der Waals surface area contributed by atoms with Gasteiger partial charge >= 0.3 is 0 Å². The van der Waals surface area contributed by atoms with Crippen molar-refractivity contribution in [1.29, 1.82) is 0 Å². The largest absolute Gasteiger partial charge is 0.507 e. The summed E-state index contributed by atoms with van der Waals surface area (Å²) in [6, 6.07) is 11.2. The van der Waals surface area contributed by atoms with Gasteiger partial charge in [0.1, 0.15) is 5.75 Å². The molecule has 2 aliphatic heterocycles. The summed E-state index contributed by atoms with van der Waals surface area (Å²) in [5.41, 5.74) is 0.351. The number of rotatable bonds is 4. The second-order valence-corrected chi connectivity index (χ2v) is 7.99. The Labute approximate surface area is 160 Å². The van der Waals surface area contributed by atoms with E-state index in [4.69, 9.17) is 0 Å². The molecule has 2 N–H and O–H groups in total. The number of aliphatic hydroxyl groups excluding tert-OH is 1. The van der Waals surface area contributed by atoms with Gasteiger partial charge in [-0.05, 0) is 54.8 Å². The number of benzene rings is 2. The number of carbonyl (C=O) groups is 1. The molecular formula is C22H28N2O3. The van der Waals surface area contributed by atoms with Crippen LogP contribution >= 0.6 is 0 Å². The van der Waals surface area contributed by atoms with Crippen molar-refractivity contribution in [2.24, 2.45) is 11.8 Å². The highest BCUT2D eigenvalue weighted by Gasteiger charge is 2.36. The molecule has 0 unspecified atom stereocenters. The maximum atomic E-state index is 13.1. The smallest absolute Gasteiger partial charge is 0.257 e. The molecule has 0 spiro atoms. The van der Waals surface area contributed by atoms with Gasteiger partial charge in [-0.25, -0.2) is 0 Å². The van der Waals surface area contributed by atoms with E-state index in [1.165, 1.54) is 19.3 Å². The van der Waals surface area contributed by atoms with Crippen molar-refractivity contribution in [3.63, 3.8) is 0 Å². The zero-order valence-corrected chi connectivity index (χ0v) is 15.7. The number of aliphatic hydroxyl groups is 1. The normalized spacial score (nSPS) is 23.8. The van der Waals surface area contributed by atoms with E-state index in [1.807, 2.05) is 24.3 Å². The first-order chi connectivity index (χ1) is 13.2. The molecule has 0 aromatic heterocycles. The third-order valence-electron chi connectivity index (χ3n) is 6.13. The average Bonchev–Trinajstić information content (AvgIpc) is 3.10. The summed E-state index contributed by atoms with van der Waals surface area (Å²) in [4.78, 5) is 17.4. The number of fused-ring (bicyclic) bond motifs is 1. The SMILES string of the molecule is O=C(c1cc2ccccc2cc1O)N1C[C@@H](CO)[C@@H](CN2CCCCC2)C1. The molecule has 4 rings (SSSR count). The van der Waals surface area contributed by atoms with Crippen LogP contribution in [0, 0.1) is 11.8 Å². The van der Waals surface area contributed by atoms with Crippen LogP contribution in [0.3, 0.4) is 0 Å². The first-order valence-corrected chi connectivity index (χ1v) is 10.00. The Bertz CT molecular complexity index is 816. The predicted molar refractivity (Wildman–Crippen MR) is 106 cm³/mol. The predicted octanol–water partition coefficient (Wildman–Crippen LogP) is 2.71. The molecule has 5 heteroatoms. The van der Waals surface area contributed by atoms with Crippen molar-refractivity contribution in [3.05, 3.63) is 42.0 Å². The Morgan fingerprint density at radius 3 is 2.37 bits per heavy atom. The summed E-state index contributed by atoms with van der Waals surface area (Å²) in [6.45, 7) is 4.49. The lowest BCUT2D eigenvalue weighted by Crippen LogP contribution is -2.37. The van der Waals surface area contributed by atoms with Crippen molar-refractivity contribution in [2.45, 2.75) is 19.3 Å². The lowest BCUT2D eigenvalue weighted by molar-refractivity contribution is 0.0775. The van der Waals surface area contributed by atoms with Gasteiger partial charge in [-0.3, -0.25) is 4.79 Å². The van der Waals surface area contributed by atoms with Crippen LogP contribution in [0.2, 0.25) is 0 Å². The second kappa shape index (κ2) is 7.87. The lowest BCUT2D eigenvalue weighted by atomic mass is 9.95. The van der Waals surface area contributed by atoms with Gasteiger partial charge in [-0.15, -0.1) is 0 Å². The highest BCUT2D eigenvalue weighted by Crippen LogP contribution is 2.30. The van der Waals surface area contributed by atoms with Gasteiger partial charge in [0.25, 0.3) is 5.91 Å². The minimum atomic E-state index is -0.141. The molecule has 2 heterocycles. The Kier molecular flexibility index (Phi) is 5.32. The maximum Gasteiger partial charge on any atom is 0.257 e. The van der Waals surface area contributed by atoms with E-state index >= 15 is 0 Å². The topological polar surface area (TPSA) is 64.0 Å². The Morgan fingerprint density at radius 1 is 1.00 bits per heavy atom. The molecule has 2 aromatic carbocycles. The summed E-state index contributed by atoms with van der Waals surface area (Å²) in [7, 11) is 0. The van der Waals surface area contributed by atoms with Crippen LogP contribution in [0.4, 0.5) is 0 Å². The fraction of sp³-hybridized carbons (Fsp3) is 0.500. The van der Waals surface area contributed by atoms with Crippen molar-refractivity contribution in [1.82, 2.24) is 9.80 Å². The van der Waals surface area contributed by atoms with E-state index in [0.29, 0.717) is 24.6 Å². The molecule has 1 amide bonds. The van der Waals surface area contributed by atoms with Gasteiger partial charge in [0, 0.05) is 32.2 Å². The number of aromatic hydroxyl groups is 1. The molecule has 5 nitrogen and oxygen atoms in total. The number of carbonyl (C=O) groups excluding carboxylic acids is 1. The van der Waals surface area contributed by atoms with Crippen molar-refractivity contribution in [3.8, 4) is 5.75 Å². The summed E-state index contributed by atoms with van der Waals surface area (Å²) in [5, 5.41) is 22.1. The number of piperidine rings is 1. The van der Waals surface area contributed by atoms with Crippen LogP contribution in [0.1, 0.15) is 29.6 Å². The number of phenolic OH excluding ortho intramolecular Hbond substituents is 1. The zero-order chi connectivity index (χ0) is 18.8. The average molecular weight is 368 g/mol. The number of likely N-dealkylation sites (tertiary alicyclic amines) is 2. The quantitative estimate of drug-likeness (QED) is 0.871. The Hall–Kier alpha value is -2.11. The van der Waals surface area contributed by atoms with Crippen molar-refractivity contribution >= 4 is 16.7 Å². The third-order valence-corrected chi connectivity index (χ3v) is 6.13. The van der Waals surface area contributed by atoms with Gasteiger partial charge in [0.2, 0.25) is 0 Å². The molecule has 144 valence electrons. The van der Waals surface area contributed by atoms with Crippen LogP contribution in [-0.2, 0) is 0 Å². The van der Waals surface area contributed by atoms with Gasteiger partial charge in [-0.1, -0.05) is 30.7 Å². The minimum absolute atomic E-state index is 0.0266. The highest BCUT2D eigenvalue weighted by atomic mass is 16.3. The van der Waals surface area contributed by atoms with Crippen LogP contribution in [0.25, 0.3) is 10.8 Å². The molecule has 2 saturated heterocycles. The fourth-order valence-corrected chi connectivity index (χ4v) is 4.56. The molecule has 0 radical (unpaired) electrons. The van der Waals surface area contributed by atoms with Crippen molar-refractivity contribution < 1.29 is 15.0 Å². The van der Waals surface area contributed by atoms with Crippen molar-refractivity contribution in [2.75, 3.05) is 39.3 Å². The van der Waals surface area contributed by atoms with E-state index in [-0.39, 0.29) is 24.2 Å². The Morgan fingerprint density at radius 2 is 1.67 bits per heavy atom. The molecule has 2 atom stereocenters. The van der Waals surface area contributed by atoms with Crippen LogP contribution in [-0.4, -0.2) is 65.3 Å². The van der Waals surface area contributed by atoms with Gasteiger partial charge in [-0.2, -0.15) is 0 Å². The molecule has 27 heavy (non-hydrogen) atoms. The van der Waals surface area contributed by atoms with E-state index in [9.17, 15) is 15.0 Å². The number of nitrogens with zero attached hydrogens (tertiary/aromatic N) is 2. The molecule has 2 aromatic rings. The number of phenols is 1. The van der Waals surface area contributed by atoms with E-state index < -0.39 is 0 Å². The molecule has 0 aliphatic carbocycles. The Balaban J connectivity index is 1.51. The summed E-state index contributed by atoms with van der Waals surface area (Å²) in [6.07, 6.45) is 3.78. The summed E-state index contributed by atoms with van der Waals surface area (Å²) in [5.74, 6) is 0.287. The molecule has 0 bridgehead atoms. The molecule has 2 fully saturated rings. The maximum absolute atomic E-state index is 13.1. The highest BCUT2D eigenvalue weighted by molar-refractivity contribution is 6.01. The van der Waals surface area contributed by atoms with Gasteiger partial charge in [0.15, 0.2) is 0 Å². The summed E-state index contributed by atoms with van der Waals surface area (Å²) >= 11 is 0. The number of hydrogen-bond donors (Lipinski definition) is 2. The minimum Gasteiger partial charge on any atom is -0.507 e. The second-order valence-electron chi connectivity index (χ2n) is 7.99. The first kappa shape index (κ1) is 18.3. The third kappa shape index (κ3) is 3.80. The molecule has 0 saturated carbocycles. The van der Waals surface area contributed by atoms with E-state index in [1.54, 1.807) is 17.0 Å². The molecular weight excluding hydrogens is 340 g/mol.